The summed E-state index contributed by atoms with van der Waals surface area (Å²) in [5.41, 5.74) is 0.186. The second-order valence-corrected chi connectivity index (χ2v) is 7.27. The van der Waals surface area contributed by atoms with E-state index in [2.05, 4.69) is 25.4 Å². The molecule has 0 aromatic heterocycles. The fourth-order valence-corrected chi connectivity index (χ4v) is 3.49. The van der Waals surface area contributed by atoms with Crippen LogP contribution >= 0.6 is 24.0 Å². The van der Waals surface area contributed by atoms with Crippen molar-refractivity contribution in [3.63, 3.8) is 0 Å². The predicted octanol–water partition coefficient (Wildman–Crippen LogP) is 3.16. The summed E-state index contributed by atoms with van der Waals surface area (Å²) in [5.74, 6) is 0.518. The number of guanidine groups is 1. The number of aromatic hydroxyl groups is 1. The van der Waals surface area contributed by atoms with Crippen LogP contribution in [0.4, 0.5) is 18.9 Å². The second kappa shape index (κ2) is 12.0. The van der Waals surface area contributed by atoms with Gasteiger partial charge in [-0.2, -0.15) is 13.2 Å². The van der Waals surface area contributed by atoms with Crippen molar-refractivity contribution in [3.8, 4) is 5.75 Å². The molecule has 0 saturated carbocycles. The molecular weight excluding hydrogens is 550 g/mol. The topological polar surface area (TPSA) is 80.2 Å². The van der Waals surface area contributed by atoms with Gasteiger partial charge in [-0.15, -0.1) is 24.0 Å². The first-order valence-electron chi connectivity index (χ1n) is 10.2. The summed E-state index contributed by atoms with van der Waals surface area (Å²) in [6.07, 6.45) is -4.43. The summed E-state index contributed by atoms with van der Waals surface area (Å²) in [5, 5.41) is 15.9. The maximum Gasteiger partial charge on any atom is 0.416 e. The lowest BCUT2D eigenvalue weighted by Crippen LogP contribution is -2.53. The number of halogens is 4. The summed E-state index contributed by atoms with van der Waals surface area (Å²) < 4.78 is 37.9. The Morgan fingerprint density at radius 3 is 2.18 bits per heavy atom. The Bertz CT molecular complexity index is 946. The fraction of sp³-hybridized carbons (Fsp3) is 0.364. The molecule has 1 fully saturated rings. The van der Waals surface area contributed by atoms with E-state index >= 15 is 0 Å². The normalized spacial score (nSPS) is 14.5. The van der Waals surface area contributed by atoms with Gasteiger partial charge in [0.15, 0.2) is 5.96 Å². The highest BCUT2D eigenvalue weighted by molar-refractivity contribution is 14.0. The van der Waals surface area contributed by atoms with Gasteiger partial charge < -0.3 is 25.5 Å². The predicted molar refractivity (Wildman–Crippen MR) is 132 cm³/mol. The van der Waals surface area contributed by atoms with Crippen LogP contribution in [-0.2, 0) is 6.18 Å². The number of para-hydroxylation sites is 2. The molecule has 0 bridgehead atoms. The van der Waals surface area contributed by atoms with E-state index in [0.29, 0.717) is 25.6 Å². The van der Waals surface area contributed by atoms with E-state index in [4.69, 9.17) is 0 Å². The number of benzene rings is 2. The summed E-state index contributed by atoms with van der Waals surface area (Å²) in [6.45, 7) is 3.58. The molecule has 0 atom stereocenters. The molecule has 7 nitrogen and oxygen atoms in total. The summed E-state index contributed by atoms with van der Waals surface area (Å²) in [4.78, 5) is 20.6. The lowest BCUT2D eigenvalue weighted by atomic mass is 10.1. The van der Waals surface area contributed by atoms with Crippen LogP contribution in [0.2, 0.25) is 0 Å². The van der Waals surface area contributed by atoms with Crippen LogP contribution in [0.25, 0.3) is 0 Å². The summed E-state index contributed by atoms with van der Waals surface area (Å²) in [7, 11) is 1.68. The van der Waals surface area contributed by atoms with Crippen molar-refractivity contribution < 1.29 is 23.1 Å². The van der Waals surface area contributed by atoms with E-state index in [1.807, 2.05) is 12.1 Å². The first kappa shape index (κ1) is 26.6. The smallest absolute Gasteiger partial charge is 0.416 e. The molecule has 0 unspecified atom stereocenters. The Morgan fingerprint density at radius 2 is 1.61 bits per heavy atom. The number of nitrogens with one attached hydrogen (secondary N) is 2. The monoisotopic (exact) mass is 577 g/mol. The molecule has 1 amide bonds. The average Bonchev–Trinajstić information content (AvgIpc) is 2.79. The molecule has 1 heterocycles. The van der Waals surface area contributed by atoms with Gasteiger partial charge in [0.2, 0.25) is 0 Å². The third-order valence-electron chi connectivity index (χ3n) is 5.18. The van der Waals surface area contributed by atoms with Crippen LogP contribution in [0.15, 0.2) is 53.5 Å². The highest BCUT2D eigenvalue weighted by Gasteiger charge is 2.30. The second-order valence-electron chi connectivity index (χ2n) is 7.27. The number of hydrogen-bond donors (Lipinski definition) is 3. The molecule has 3 rings (SSSR count). The standard InChI is InChI=1S/C22H26F3N5O2.HI/c1-26-21(30-14-12-29(13-15-30)18-4-2-3-5-19(18)31)28-11-10-27-20(32)16-6-8-17(9-7-16)22(23,24)25;/h2-9,31H,10-15H2,1H3,(H,26,28)(H,27,32);1H. The molecule has 0 radical (unpaired) electrons. The Hall–Kier alpha value is -2.70. The summed E-state index contributed by atoms with van der Waals surface area (Å²) in [6, 6.07) is 11.3. The largest absolute Gasteiger partial charge is 0.506 e. The summed E-state index contributed by atoms with van der Waals surface area (Å²) >= 11 is 0. The number of amides is 1. The number of rotatable bonds is 5. The van der Waals surface area contributed by atoms with Crippen LogP contribution in [0.1, 0.15) is 15.9 Å². The Labute approximate surface area is 207 Å². The van der Waals surface area contributed by atoms with Gasteiger partial charge in [0.05, 0.1) is 11.3 Å². The number of anilines is 1. The Balaban J connectivity index is 0.00000385. The van der Waals surface area contributed by atoms with E-state index in [-0.39, 0.29) is 41.8 Å². The van der Waals surface area contributed by atoms with Crippen LogP contribution in [-0.4, -0.2) is 68.2 Å². The number of alkyl halides is 3. The minimum Gasteiger partial charge on any atom is -0.506 e. The first-order chi connectivity index (χ1) is 15.3. The molecule has 33 heavy (non-hydrogen) atoms. The minimum absolute atomic E-state index is 0. The lowest BCUT2D eigenvalue weighted by molar-refractivity contribution is -0.137. The van der Waals surface area contributed by atoms with Crippen molar-refractivity contribution in [2.45, 2.75) is 6.18 Å². The van der Waals surface area contributed by atoms with Gasteiger partial charge in [0.25, 0.3) is 5.91 Å². The third kappa shape index (κ3) is 7.14. The number of phenolic OH excluding ortho intramolecular Hbond substituents is 1. The first-order valence-corrected chi connectivity index (χ1v) is 10.2. The van der Waals surface area contributed by atoms with Gasteiger partial charge in [-0.1, -0.05) is 12.1 Å². The van der Waals surface area contributed by atoms with Crippen molar-refractivity contribution >= 4 is 41.5 Å². The van der Waals surface area contributed by atoms with E-state index in [1.54, 1.807) is 19.2 Å². The molecule has 1 saturated heterocycles. The van der Waals surface area contributed by atoms with Crippen molar-refractivity contribution in [2.75, 3.05) is 51.2 Å². The Kier molecular flexibility index (Phi) is 9.62. The highest BCUT2D eigenvalue weighted by Crippen LogP contribution is 2.29. The molecule has 1 aliphatic heterocycles. The molecule has 0 spiro atoms. The maximum absolute atomic E-state index is 12.6. The highest BCUT2D eigenvalue weighted by atomic mass is 127. The van der Waals surface area contributed by atoms with Crippen molar-refractivity contribution in [1.29, 1.82) is 0 Å². The molecule has 180 valence electrons. The molecule has 11 heteroatoms. The minimum atomic E-state index is -4.43. The molecule has 0 aliphatic carbocycles. The molecule has 3 N–H and O–H groups in total. The van der Waals surface area contributed by atoms with E-state index in [1.165, 1.54) is 0 Å². The van der Waals surface area contributed by atoms with E-state index in [9.17, 15) is 23.1 Å². The number of carbonyl (C=O) groups is 1. The van der Waals surface area contributed by atoms with Gasteiger partial charge in [-0.05, 0) is 36.4 Å². The van der Waals surface area contributed by atoms with Gasteiger partial charge in [-0.25, -0.2) is 0 Å². The van der Waals surface area contributed by atoms with Crippen LogP contribution in [0, 0.1) is 0 Å². The Morgan fingerprint density at radius 1 is 1.00 bits per heavy atom. The van der Waals surface area contributed by atoms with Crippen LogP contribution < -0.4 is 15.5 Å². The molecule has 1 aliphatic rings. The van der Waals surface area contributed by atoms with Crippen molar-refractivity contribution in [2.24, 2.45) is 4.99 Å². The van der Waals surface area contributed by atoms with Gasteiger partial charge in [0, 0.05) is 51.9 Å². The van der Waals surface area contributed by atoms with E-state index in [0.717, 1.165) is 43.0 Å². The van der Waals surface area contributed by atoms with Gasteiger partial charge in [-0.3, -0.25) is 9.79 Å². The van der Waals surface area contributed by atoms with E-state index < -0.39 is 17.6 Å². The van der Waals surface area contributed by atoms with Crippen molar-refractivity contribution in [1.82, 2.24) is 15.5 Å². The number of phenols is 1. The zero-order valence-corrected chi connectivity index (χ0v) is 20.4. The van der Waals surface area contributed by atoms with Gasteiger partial charge >= 0.3 is 6.18 Å². The molecule has 2 aromatic carbocycles. The van der Waals surface area contributed by atoms with Gasteiger partial charge in [0.1, 0.15) is 5.75 Å². The lowest BCUT2D eigenvalue weighted by Gasteiger charge is -2.37. The van der Waals surface area contributed by atoms with Crippen molar-refractivity contribution in [3.05, 3.63) is 59.7 Å². The SMILES string of the molecule is CN=C(NCCNC(=O)c1ccc(C(F)(F)F)cc1)N1CCN(c2ccccc2O)CC1.I. The van der Waals surface area contributed by atoms with Crippen LogP contribution in [0.5, 0.6) is 5.75 Å². The number of aliphatic imine (C=N–C) groups is 1. The number of piperazine rings is 1. The number of hydrogen-bond acceptors (Lipinski definition) is 4. The fourth-order valence-electron chi connectivity index (χ4n) is 3.49. The maximum atomic E-state index is 12.6. The zero-order valence-electron chi connectivity index (χ0n) is 18.1. The third-order valence-corrected chi connectivity index (χ3v) is 5.18. The average molecular weight is 577 g/mol. The quantitative estimate of drug-likeness (QED) is 0.220. The number of nitrogens with zero attached hydrogens (tertiary/aromatic N) is 3. The molecule has 2 aromatic rings. The number of carbonyl (C=O) groups excluding carboxylic acids is 1. The van der Waals surface area contributed by atoms with Crippen LogP contribution in [0.3, 0.4) is 0 Å². The molecular formula is C22H27F3IN5O2. The zero-order chi connectivity index (χ0) is 23.1.